The van der Waals surface area contributed by atoms with Crippen molar-refractivity contribution in [1.29, 1.82) is 0 Å². The van der Waals surface area contributed by atoms with Crippen molar-refractivity contribution in [1.82, 2.24) is 24.3 Å². The van der Waals surface area contributed by atoms with Crippen LogP contribution in [0, 0.1) is 0 Å². The summed E-state index contributed by atoms with van der Waals surface area (Å²) >= 11 is 3.59. The smallest absolute Gasteiger partial charge is 0.181 e. The van der Waals surface area contributed by atoms with E-state index in [0.29, 0.717) is 5.92 Å². The number of hydrogen-bond acceptors (Lipinski definition) is 3. The van der Waals surface area contributed by atoms with Gasteiger partial charge in [-0.15, -0.1) is 0 Å². The van der Waals surface area contributed by atoms with Gasteiger partial charge in [-0.1, -0.05) is 0 Å². The number of pyridine rings is 1. The summed E-state index contributed by atoms with van der Waals surface area (Å²) in [6.45, 7) is 0. The van der Waals surface area contributed by atoms with E-state index in [4.69, 9.17) is 0 Å². The summed E-state index contributed by atoms with van der Waals surface area (Å²) in [7, 11) is 3.98. The van der Waals surface area contributed by atoms with Crippen LogP contribution in [0.4, 0.5) is 0 Å². The highest BCUT2D eigenvalue weighted by molar-refractivity contribution is 9.10. The fourth-order valence-electron chi connectivity index (χ4n) is 2.69. The second kappa shape index (κ2) is 4.15. The molecule has 1 saturated carbocycles. The van der Waals surface area contributed by atoms with E-state index in [2.05, 4.69) is 48.7 Å². The normalized spacial score (nSPS) is 15.2. The Morgan fingerprint density at radius 1 is 1.30 bits per heavy atom. The monoisotopic (exact) mass is 331 g/mol. The third-order valence-corrected chi connectivity index (χ3v) is 4.37. The zero-order chi connectivity index (χ0) is 13.9. The molecular formula is C14H14BrN5. The van der Waals surface area contributed by atoms with Crippen molar-refractivity contribution in [3.63, 3.8) is 0 Å². The number of aromatic nitrogens is 5. The minimum absolute atomic E-state index is 0.658. The molecule has 1 fully saturated rings. The molecule has 5 nitrogen and oxygen atoms in total. The van der Waals surface area contributed by atoms with Crippen LogP contribution >= 0.6 is 15.9 Å². The van der Waals surface area contributed by atoms with Crippen LogP contribution in [0.3, 0.4) is 0 Å². The number of nitrogens with zero attached hydrogens (tertiary/aromatic N) is 5. The maximum atomic E-state index is 4.67. The first-order chi connectivity index (χ1) is 9.63. The molecule has 0 aromatic carbocycles. The molecule has 0 aliphatic heterocycles. The number of hydrogen-bond donors (Lipinski definition) is 0. The maximum Gasteiger partial charge on any atom is 0.181 e. The van der Waals surface area contributed by atoms with Gasteiger partial charge in [0.1, 0.15) is 10.4 Å². The summed E-state index contributed by atoms with van der Waals surface area (Å²) in [6, 6.07) is 2.10. The van der Waals surface area contributed by atoms with Gasteiger partial charge in [-0.25, -0.2) is 9.97 Å². The van der Waals surface area contributed by atoms with Gasteiger partial charge in [0.2, 0.25) is 0 Å². The van der Waals surface area contributed by atoms with Gasteiger partial charge in [0.05, 0.1) is 5.69 Å². The van der Waals surface area contributed by atoms with Crippen LogP contribution in [0.2, 0.25) is 0 Å². The Labute approximate surface area is 124 Å². The SMILES string of the molecule is Cn1cc2cc(-c3nc(Br)c(C4CC4)n3C)cnc2n1. The summed E-state index contributed by atoms with van der Waals surface area (Å²) in [5, 5.41) is 5.34. The van der Waals surface area contributed by atoms with E-state index >= 15 is 0 Å². The average Bonchev–Trinajstić information content (AvgIpc) is 3.09. The van der Waals surface area contributed by atoms with E-state index in [1.165, 1.54) is 18.5 Å². The van der Waals surface area contributed by atoms with Crippen LogP contribution in [0.1, 0.15) is 24.5 Å². The highest BCUT2D eigenvalue weighted by atomic mass is 79.9. The van der Waals surface area contributed by atoms with Gasteiger partial charge in [0.15, 0.2) is 5.65 Å². The Bertz CT molecular complexity index is 812. The molecule has 1 aliphatic rings. The van der Waals surface area contributed by atoms with Crippen molar-refractivity contribution >= 4 is 27.0 Å². The molecular weight excluding hydrogens is 318 g/mol. The van der Waals surface area contributed by atoms with Crippen molar-refractivity contribution in [2.24, 2.45) is 14.1 Å². The van der Waals surface area contributed by atoms with Gasteiger partial charge < -0.3 is 4.57 Å². The minimum atomic E-state index is 0.658. The highest BCUT2D eigenvalue weighted by Crippen LogP contribution is 2.44. The second-order valence-electron chi connectivity index (χ2n) is 5.38. The third kappa shape index (κ3) is 1.78. The maximum absolute atomic E-state index is 4.67. The predicted octanol–water partition coefficient (Wildman–Crippen LogP) is 3.01. The van der Waals surface area contributed by atoms with E-state index in [0.717, 1.165) is 27.0 Å². The molecule has 1 aliphatic carbocycles. The molecule has 20 heavy (non-hydrogen) atoms. The first-order valence-electron chi connectivity index (χ1n) is 6.65. The molecule has 6 heteroatoms. The van der Waals surface area contributed by atoms with Crippen LogP contribution in [0.15, 0.2) is 23.1 Å². The van der Waals surface area contributed by atoms with Gasteiger partial charge in [0.25, 0.3) is 0 Å². The molecule has 0 atom stereocenters. The molecule has 3 aromatic rings. The summed E-state index contributed by atoms with van der Waals surface area (Å²) in [4.78, 5) is 9.09. The van der Waals surface area contributed by atoms with E-state index in [9.17, 15) is 0 Å². The molecule has 0 N–H and O–H groups in total. The van der Waals surface area contributed by atoms with Crippen LogP contribution in [-0.4, -0.2) is 24.3 Å². The summed E-state index contributed by atoms with van der Waals surface area (Å²) in [5.41, 5.74) is 3.10. The fourth-order valence-corrected chi connectivity index (χ4v) is 3.45. The molecule has 0 bridgehead atoms. The molecule has 102 valence electrons. The van der Waals surface area contributed by atoms with Crippen molar-refractivity contribution in [2.75, 3.05) is 0 Å². The molecule has 0 amide bonds. The second-order valence-corrected chi connectivity index (χ2v) is 6.14. The van der Waals surface area contributed by atoms with Crippen LogP contribution in [0.25, 0.3) is 22.4 Å². The Morgan fingerprint density at radius 2 is 2.10 bits per heavy atom. The van der Waals surface area contributed by atoms with Gasteiger partial charge in [-0.05, 0) is 34.8 Å². The van der Waals surface area contributed by atoms with Gasteiger partial charge in [0, 0.05) is 43.4 Å². The topological polar surface area (TPSA) is 48.5 Å². The summed E-state index contributed by atoms with van der Waals surface area (Å²) in [6.07, 6.45) is 6.35. The first kappa shape index (κ1) is 12.1. The molecule has 3 aromatic heterocycles. The number of aryl methyl sites for hydroxylation is 1. The number of fused-ring (bicyclic) bond motifs is 1. The molecule has 0 saturated heterocycles. The number of rotatable bonds is 2. The quantitative estimate of drug-likeness (QED) is 0.725. The van der Waals surface area contributed by atoms with Crippen molar-refractivity contribution in [3.8, 4) is 11.4 Å². The van der Waals surface area contributed by atoms with Crippen LogP contribution in [-0.2, 0) is 14.1 Å². The largest absolute Gasteiger partial charge is 0.330 e. The minimum Gasteiger partial charge on any atom is -0.330 e. The molecule has 4 rings (SSSR count). The zero-order valence-corrected chi connectivity index (χ0v) is 12.9. The van der Waals surface area contributed by atoms with Crippen LogP contribution in [0.5, 0.6) is 0 Å². The molecule has 0 radical (unpaired) electrons. The average molecular weight is 332 g/mol. The van der Waals surface area contributed by atoms with E-state index in [1.807, 2.05) is 19.4 Å². The summed E-state index contributed by atoms with van der Waals surface area (Å²) in [5.74, 6) is 1.61. The third-order valence-electron chi connectivity index (χ3n) is 3.79. The van der Waals surface area contributed by atoms with Gasteiger partial charge in [-0.2, -0.15) is 5.10 Å². The van der Waals surface area contributed by atoms with Gasteiger partial charge >= 0.3 is 0 Å². The Morgan fingerprint density at radius 3 is 2.85 bits per heavy atom. The van der Waals surface area contributed by atoms with Gasteiger partial charge in [-0.3, -0.25) is 4.68 Å². The summed E-state index contributed by atoms with van der Waals surface area (Å²) < 4.78 is 4.93. The van der Waals surface area contributed by atoms with E-state index in [-0.39, 0.29) is 0 Å². The zero-order valence-electron chi connectivity index (χ0n) is 11.3. The lowest BCUT2D eigenvalue weighted by Crippen LogP contribution is -1.97. The van der Waals surface area contributed by atoms with E-state index < -0.39 is 0 Å². The predicted molar refractivity (Wildman–Crippen MR) is 80.4 cm³/mol. The van der Waals surface area contributed by atoms with Crippen molar-refractivity contribution in [3.05, 3.63) is 28.8 Å². The Balaban J connectivity index is 1.87. The fraction of sp³-hybridized carbons (Fsp3) is 0.357. The number of halogens is 1. The Hall–Kier alpha value is -1.69. The molecule has 0 spiro atoms. The Kier molecular flexibility index (Phi) is 2.51. The van der Waals surface area contributed by atoms with Crippen LogP contribution < -0.4 is 0 Å². The molecule has 0 unspecified atom stereocenters. The highest BCUT2D eigenvalue weighted by Gasteiger charge is 2.30. The lowest BCUT2D eigenvalue weighted by atomic mass is 10.2. The standard InChI is InChI=1S/C14H14BrN5/c1-19-7-10-5-9(6-16-13(10)18-19)14-17-12(15)11(20(14)2)8-3-4-8/h5-8H,3-4H2,1-2H3. The van der Waals surface area contributed by atoms with E-state index in [1.54, 1.807) is 4.68 Å². The lowest BCUT2D eigenvalue weighted by Gasteiger charge is -2.04. The van der Waals surface area contributed by atoms with Crippen molar-refractivity contribution in [2.45, 2.75) is 18.8 Å². The molecule has 3 heterocycles. The lowest BCUT2D eigenvalue weighted by molar-refractivity contribution is 0.776. The number of imidazole rings is 1. The first-order valence-corrected chi connectivity index (χ1v) is 7.44. The van der Waals surface area contributed by atoms with Crippen molar-refractivity contribution < 1.29 is 0 Å².